The van der Waals surface area contributed by atoms with Gasteiger partial charge < -0.3 is 4.90 Å². The highest BCUT2D eigenvalue weighted by atomic mass is 19.1. The number of hydrogen-bond acceptors (Lipinski definition) is 1. The van der Waals surface area contributed by atoms with Crippen LogP contribution < -0.4 is 4.90 Å². The summed E-state index contributed by atoms with van der Waals surface area (Å²) in [5.41, 5.74) is 0.844. The van der Waals surface area contributed by atoms with Crippen molar-refractivity contribution in [3.05, 3.63) is 41.7 Å². The van der Waals surface area contributed by atoms with Gasteiger partial charge in [0.2, 0.25) is 0 Å². The van der Waals surface area contributed by atoms with E-state index in [0.29, 0.717) is 23.7 Å². The van der Waals surface area contributed by atoms with Gasteiger partial charge in [0.25, 0.3) is 0 Å². The third kappa shape index (κ3) is 2.65. The lowest BCUT2D eigenvalue weighted by molar-refractivity contribution is 0.293. The minimum atomic E-state index is -0.633. The van der Waals surface area contributed by atoms with Gasteiger partial charge in [-0.15, -0.1) is 0 Å². The zero-order valence-corrected chi connectivity index (χ0v) is 11.8. The van der Waals surface area contributed by atoms with Crippen molar-refractivity contribution in [2.75, 3.05) is 18.0 Å². The van der Waals surface area contributed by atoms with Crippen molar-refractivity contribution in [1.29, 1.82) is 0 Å². The zero-order valence-electron chi connectivity index (χ0n) is 11.8. The van der Waals surface area contributed by atoms with E-state index < -0.39 is 6.67 Å². The van der Waals surface area contributed by atoms with Crippen LogP contribution in [0.15, 0.2) is 30.4 Å². The van der Waals surface area contributed by atoms with E-state index in [4.69, 9.17) is 0 Å². The Balaban J connectivity index is 2.37. The monoisotopic (exact) mass is 265 g/mol. The fraction of sp³-hybridized carbons (Fsp3) is 0.500. The molecule has 1 aromatic rings. The van der Waals surface area contributed by atoms with Gasteiger partial charge in [0.15, 0.2) is 0 Å². The highest BCUT2D eigenvalue weighted by Gasteiger charge is 2.32. The number of para-hydroxylation sites is 1. The lowest BCUT2D eigenvalue weighted by Crippen LogP contribution is -2.42. The van der Waals surface area contributed by atoms with Crippen LogP contribution in [0, 0.1) is 17.2 Å². The van der Waals surface area contributed by atoms with Crippen molar-refractivity contribution in [3.8, 4) is 0 Å². The van der Waals surface area contributed by atoms with E-state index in [1.165, 1.54) is 6.07 Å². The number of benzene rings is 1. The van der Waals surface area contributed by atoms with E-state index in [1.54, 1.807) is 12.1 Å². The first-order chi connectivity index (χ1) is 8.98. The standard InChI is InChI=1S/C16H21F2N/c1-12(2)16(3)8-5-9-19(11-16)15-13(10-17)6-4-7-14(15)18/h4-8,12H,9-11H2,1-3H3. The van der Waals surface area contributed by atoms with E-state index in [0.717, 1.165) is 6.54 Å². The van der Waals surface area contributed by atoms with Crippen LogP contribution in [0.1, 0.15) is 26.3 Å². The van der Waals surface area contributed by atoms with Crippen LogP contribution >= 0.6 is 0 Å². The predicted octanol–water partition coefficient (Wildman–Crippen LogP) is 4.33. The van der Waals surface area contributed by atoms with Crippen LogP contribution in [0.3, 0.4) is 0 Å². The van der Waals surface area contributed by atoms with Gasteiger partial charge in [-0.1, -0.05) is 45.1 Å². The molecule has 3 heteroatoms. The SMILES string of the molecule is CC(C)C1(C)C=CCN(c2c(F)cccc2CF)C1. The maximum atomic E-state index is 14.0. The Labute approximate surface area is 113 Å². The zero-order chi connectivity index (χ0) is 14.0. The van der Waals surface area contributed by atoms with E-state index in [9.17, 15) is 8.78 Å². The third-order valence-corrected chi connectivity index (χ3v) is 4.21. The van der Waals surface area contributed by atoms with Crippen molar-refractivity contribution < 1.29 is 8.78 Å². The van der Waals surface area contributed by atoms with Crippen LogP contribution in [0.4, 0.5) is 14.5 Å². The number of rotatable bonds is 3. The highest BCUT2D eigenvalue weighted by molar-refractivity contribution is 5.56. The molecule has 0 aromatic heterocycles. The lowest BCUT2D eigenvalue weighted by atomic mass is 9.76. The molecule has 0 N–H and O–H groups in total. The van der Waals surface area contributed by atoms with E-state index >= 15 is 0 Å². The first-order valence-corrected chi connectivity index (χ1v) is 6.74. The molecule has 1 aliphatic heterocycles. The van der Waals surface area contributed by atoms with E-state index in [1.807, 2.05) is 4.90 Å². The molecule has 0 saturated carbocycles. The quantitative estimate of drug-likeness (QED) is 0.735. The molecule has 1 aromatic carbocycles. The molecular weight excluding hydrogens is 244 g/mol. The summed E-state index contributed by atoms with van der Waals surface area (Å²) in [5.74, 6) is 0.115. The highest BCUT2D eigenvalue weighted by Crippen LogP contribution is 2.36. The Morgan fingerprint density at radius 3 is 2.74 bits per heavy atom. The molecule has 0 radical (unpaired) electrons. The third-order valence-electron chi connectivity index (χ3n) is 4.21. The van der Waals surface area contributed by atoms with E-state index in [2.05, 4.69) is 32.9 Å². The summed E-state index contributed by atoms with van der Waals surface area (Å²) in [6, 6.07) is 4.62. The summed E-state index contributed by atoms with van der Waals surface area (Å²) in [7, 11) is 0. The molecule has 1 unspecified atom stereocenters. The molecule has 104 valence electrons. The molecule has 1 nitrogen and oxygen atoms in total. The van der Waals surface area contributed by atoms with Crippen LogP contribution in [0.5, 0.6) is 0 Å². The molecule has 1 aliphatic rings. The van der Waals surface area contributed by atoms with Crippen LogP contribution in [0.2, 0.25) is 0 Å². The summed E-state index contributed by atoms with van der Waals surface area (Å²) < 4.78 is 27.1. The molecule has 0 amide bonds. The molecule has 0 spiro atoms. The number of anilines is 1. The number of alkyl halides is 1. The average molecular weight is 265 g/mol. The first kappa shape index (κ1) is 14.0. The van der Waals surface area contributed by atoms with Crippen LogP contribution in [-0.4, -0.2) is 13.1 Å². The second-order valence-corrected chi connectivity index (χ2v) is 5.82. The van der Waals surface area contributed by atoms with Gasteiger partial charge >= 0.3 is 0 Å². The summed E-state index contributed by atoms with van der Waals surface area (Å²) in [5, 5.41) is 0. The normalized spacial score (nSPS) is 23.2. The van der Waals surface area contributed by atoms with Gasteiger partial charge in [-0.25, -0.2) is 8.78 Å². The Morgan fingerprint density at radius 2 is 2.11 bits per heavy atom. The smallest absolute Gasteiger partial charge is 0.146 e. The van der Waals surface area contributed by atoms with Gasteiger partial charge in [0.05, 0.1) is 5.69 Å². The average Bonchev–Trinajstić information content (AvgIpc) is 2.38. The summed E-state index contributed by atoms with van der Waals surface area (Å²) in [6.45, 7) is 7.20. The maximum Gasteiger partial charge on any atom is 0.146 e. The van der Waals surface area contributed by atoms with Crippen LogP contribution in [-0.2, 0) is 6.67 Å². The molecule has 0 bridgehead atoms. The number of halogens is 2. The molecule has 0 aliphatic carbocycles. The molecule has 19 heavy (non-hydrogen) atoms. The van der Waals surface area contributed by atoms with Gasteiger partial charge in [-0.2, -0.15) is 0 Å². The van der Waals surface area contributed by atoms with Crippen molar-refractivity contribution in [1.82, 2.24) is 0 Å². The maximum absolute atomic E-state index is 14.0. The second-order valence-electron chi connectivity index (χ2n) is 5.82. The largest absolute Gasteiger partial charge is 0.364 e. The topological polar surface area (TPSA) is 3.24 Å². The second kappa shape index (κ2) is 5.32. The molecule has 0 saturated heterocycles. The number of nitrogens with zero attached hydrogens (tertiary/aromatic N) is 1. The molecule has 1 atom stereocenters. The summed E-state index contributed by atoms with van der Waals surface area (Å²) in [4.78, 5) is 1.95. The van der Waals surface area contributed by atoms with Gasteiger partial charge in [-0.05, 0) is 12.0 Å². The summed E-state index contributed by atoms with van der Waals surface area (Å²) in [6.07, 6.45) is 4.25. The van der Waals surface area contributed by atoms with Gasteiger partial charge in [-0.3, -0.25) is 0 Å². The van der Waals surface area contributed by atoms with Crippen LogP contribution in [0.25, 0.3) is 0 Å². The Kier molecular flexibility index (Phi) is 3.93. The minimum Gasteiger partial charge on any atom is -0.364 e. The van der Waals surface area contributed by atoms with Crippen molar-refractivity contribution >= 4 is 5.69 Å². The number of hydrogen-bond donors (Lipinski definition) is 0. The molecule has 0 fully saturated rings. The molecule has 2 rings (SSSR count). The Morgan fingerprint density at radius 1 is 1.37 bits per heavy atom. The fourth-order valence-electron chi connectivity index (χ4n) is 2.55. The molecular formula is C16H21F2N. The summed E-state index contributed by atoms with van der Waals surface area (Å²) >= 11 is 0. The van der Waals surface area contributed by atoms with Crippen molar-refractivity contribution in [2.45, 2.75) is 27.4 Å². The molecule has 1 heterocycles. The lowest BCUT2D eigenvalue weighted by Gasteiger charge is -2.41. The van der Waals surface area contributed by atoms with Crippen molar-refractivity contribution in [2.24, 2.45) is 11.3 Å². The Bertz CT molecular complexity index is 482. The Hall–Kier alpha value is -1.38. The minimum absolute atomic E-state index is 0.00584. The van der Waals surface area contributed by atoms with Gasteiger partial charge in [0.1, 0.15) is 12.5 Å². The van der Waals surface area contributed by atoms with E-state index in [-0.39, 0.29) is 11.2 Å². The first-order valence-electron chi connectivity index (χ1n) is 6.74. The van der Waals surface area contributed by atoms with Crippen molar-refractivity contribution in [3.63, 3.8) is 0 Å². The predicted molar refractivity (Wildman–Crippen MR) is 75.5 cm³/mol. The fourth-order valence-corrected chi connectivity index (χ4v) is 2.55. The van der Waals surface area contributed by atoms with Gasteiger partial charge in [0, 0.05) is 24.1 Å².